The van der Waals surface area contributed by atoms with Gasteiger partial charge in [-0.05, 0) is 6.07 Å². The standard InChI is InChI=1S/C5H5N3/c1-4-2-3-7-5(6)8-4/h1-3H,(H2,6,7,8). The van der Waals surface area contributed by atoms with E-state index in [0.29, 0.717) is 5.69 Å². The van der Waals surface area contributed by atoms with Crippen molar-refractivity contribution in [3.8, 4) is 0 Å². The van der Waals surface area contributed by atoms with Gasteiger partial charge in [0, 0.05) is 13.1 Å². The number of anilines is 1. The second kappa shape index (κ2) is 1.78. The summed E-state index contributed by atoms with van der Waals surface area (Å²) in [6.45, 7) is 5.23. The molecule has 8 heavy (non-hydrogen) atoms. The number of rotatable bonds is 0. The molecule has 1 aromatic heterocycles. The van der Waals surface area contributed by atoms with Gasteiger partial charge >= 0.3 is 0 Å². The van der Waals surface area contributed by atoms with Crippen LogP contribution in [0.1, 0.15) is 5.69 Å². The Balaban J connectivity index is 3.08. The van der Waals surface area contributed by atoms with Crippen LogP contribution in [0.15, 0.2) is 12.3 Å². The highest BCUT2D eigenvalue weighted by Crippen LogP contribution is 1.91. The summed E-state index contributed by atoms with van der Waals surface area (Å²) in [6.07, 6.45) is 1.51. The molecule has 0 aliphatic rings. The molecule has 0 aromatic carbocycles. The minimum absolute atomic E-state index is 0.213. The fraction of sp³-hybridized carbons (Fsp3) is 0. The van der Waals surface area contributed by atoms with E-state index in [0.717, 1.165) is 0 Å². The van der Waals surface area contributed by atoms with Crippen molar-refractivity contribution >= 4 is 5.95 Å². The van der Waals surface area contributed by atoms with Gasteiger partial charge in [-0.15, -0.1) is 0 Å². The van der Waals surface area contributed by atoms with Crippen LogP contribution in [0.5, 0.6) is 0 Å². The first-order valence-corrected chi connectivity index (χ1v) is 2.13. The van der Waals surface area contributed by atoms with Crippen LogP contribution in [-0.2, 0) is 0 Å². The lowest BCUT2D eigenvalue weighted by atomic mass is 10.5. The largest absolute Gasteiger partial charge is 0.368 e. The van der Waals surface area contributed by atoms with Gasteiger partial charge in [-0.1, -0.05) is 0 Å². The SMILES string of the molecule is [CH]c1ccnc(N)n1. The Labute approximate surface area is 47.6 Å². The highest BCUT2D eigenvalue weighted by atomic mass is 15.0. The maximum atomic E-state index is 5.23. The highest BCUT2D eigenvalue weighted by molar-refractivity contribution is 5.18. The second-order valence-electron chi connectivity index (χ2n) is 1.34. The molecule has 2 radical (unpaired) electrons. The third-order valence-electron chi connectivity index (χ3n) is 0.696. The molecular formula is C5H5N3. The summed E-state index contributed by atoms with van der Waals surface area (Å²) < 4.78 is 0. The van der Waals surface area contributed by atoms with E-state index in [1.54, 1.807) is 6.07 Å². The van der Waals surface area contributed by atoms with E-state index in [-0.39, 0.29) is 5.95 Å². The van der Waals surface area contributed by atoms with E-state index >= 15 is 0 Å². The molecule has 0 saturated heterocycles. The summed E-state index contributed by atoms with van der Waals surface area (Å²) in [4.78, 5) is 7.24. The van der Waals surface area contributed by atoms with Gasteiger partial charge in [-0.25, -0.2) is 9.97 Å². The summed E-state index contributed by atoms with van der Waals surface area (Å²) in [5, 5.41) is 0. The molecule has 1 heterocycles. The first kappa shape index (κ1) is 5.03. The molecule has 0 bridgehead atoms. The van der Waals surface area contributed by atoms with Crippen molar-refractivity contribution in [3.63, 3.8) is 0 Å². The van der Waals surface area contributed by atoms with Gasteiger partial charge in [-0.2, -0.15) is 0 Å². The Kier molecular flexibility index (Phi) is 1.12. The quantitative estimate of drug-likeness (QED) is 0.512. The molecule has 0 aliphatic carbocycles. The normalized spacial score (nSPS) is 9.12. The maximum absolute atomic E-state index is 5.23. The third-order valence-corrected chi connectivity index (χ3v) is 0.696. The van der Waals surface area contributed by atoms with Gasteiger partial charge in [-0.3, -0.25) is 0 Å². The van der Waals surface area contributed by atoms with Crippen molar-refractivity contribution in [2.75, 3.05) is 5.73 Å². The van der Waals surface area contributed by atoms with Crippen LogP contribution in [-0.4, -0.2) is 9.97 Å². The molecule has 1 aromatic rings. The Morgan fingerprint density at radius 2 is 2.38 bits per heavy atom. The molecule has 3 nitrogen and oxygen atoms in total. The average Bonchev–Trinajstić information content (AvgIpc) is 1.64. The lowest BCUT2D eigenvalue weighted by Crippen LogP contribution is -1.93. The molecule has 0 unspecified atom stereocenters. The average molecular weight is 107 g/mol. The fourth-order valence-electron chi connectivity index (χ4n) is 0.388. The molecule has 40 valence electrons. The third kappa shape index (κ3) is 0.932. The predicted molar refractivity (Wildman–Crippen MR) is 29.8 cm³/mol. The van der Waals surface area contributed by atoms with E-state index in [4.69, 9.17) is 12.7 Å². The van der Waals surface area contributed by atoms with E-state index in [1.807, 2.05) is 0 Å². The number of aromatic nitrogens is 2. The maximum Gasteiger partial charge on any atom is 0.220 e. The number of hydrogen-bond acceptors (Lipinski definition) is 3. The van der Waals surface area contributed by atoms with Crippen LogP contribution >= 0.6 is 0 Å². The molecule has 0 fully saturated rings. The molecule has 0 atom stereocenters. The van der Waals surface area contributed by atoms with Crippen molar-refractivity contribution in [1.29, 1.82) is 0 Å². The number of nitrogens with zero attached hydrogens (tertiary/aromatic N) is 2. The van der Waals surface area contributed by atoms with Gasteiger partial charge < -0.3 is 5.73 Å². The van der Waals surface area contributed by atoms with Gasteiger partial charge in [0.15, 0.2) is 0 Å². The van der Waals surface area contributed by atoms with Gasteiger partial charge in [0.05, 0.1) is 5.69 Å². The smallest absolute Gasteiger partial charge is 0.220 e. The molecule has 1 rings (SSSR count). The molecule has 0 amide bonds. The van der Waals surface area contributed by atoms with Crippen LogP contribution < -0.4 is 5.73 Å². The van der Waals surface area contributed by atoms with E-state index < -0.39 is 0 Å². The number of nitrogen functional groups attached to an aromatic ring is 1. The van der Waals surface area contributed by atoms with Gasteiger partial charge in [0.2, 0.25) is 5.95 Å². The van der Waals surface area contributed by atoms with Crippen molar-refractivity contribution in [2.45, 2.75) is 0 Å². The Hall–Kier alpha value is -1.12. The zero-order chi connectivity index (χ0) is 5.98. The molecular weight excluding hydrogens is 102 g/mol. The Morgan fingerprint density at radius 3 is 2.75 bits per heavy atom. The van der Waals surface area contributed by atoms with Crippen molar-refractivity contribution in [3.05, 3.63) is 24.9 Å². The molecule has 2 N–H and O–H groups in total. The summed E-state index contributed by atoms with van der Waals surface area (Å²) in [7, 11) is 0. The van der Waals surface area contributed by atoms with Crippen LogP contribution in [0.3, 0.4) is 0 Å². The minimum Gasteiger partial charge on any atom is -0.368 e. The van der Waals surface area contributed by atoms with Crippen molar-refractivity contribution in [1.82, 2.24) is 9.97 Å². The van der Waals surface area contributed by atoms with Crippen LogP contribution in [0.4, 0.5) is 5.95 Å². The molecule has 0 saturated carbocycles. The molecule has 3 heteroatoms. The van der Waals surface area contributed by atoms with Crippen LogP contribution in [0.2, 0.25) is 0 Å². The first-order chi connectivity index (χ1) is 3.79. The van der Waals surface area contributed by atoms with E-state index in [9.17, 15) is 0 Å². The molecule has 0 aliphatic heterocycles. The van der Waals surface area contributed by atoms with E-state index in [2.05, 4.69) is 9.97 Å². The Morgan fingerprint density at radius 1 is 1.62 bits per heavy atom. The predicted octanol–water partition coefficient (Wildman–Crippen LogP) is 0.118. The lowest BCUT2D eigenvalue weighted by molar-refractivity contribution is 1.16. The fourth-order valence-corrected chi connectivity index (χ4v) is 0.388. The zero-order valence-corrected chi connectivity index (χ0v) is 4.20. The van der Waals surface area contributed by atoms with Crippen LogP contribution in [0, 0.1) is 6.92 Å². The van der Waals surface area contributed by atoms with Crippen LogP contribution in [0.25, 0.3) is 0 Å². The zero-order valence-electron chi connectivity index (χ0n) is 4.20. The highest BCUT2D eigenvalue weighted by Gasteiger charge is 1.84. The minimum atomic E-state index is 0.213. The number of nitrogens with two attached hydrogens (primary N) is 1. The van der Waals surface area contributed by atoms with Gasteiger partial charge in [0.25, 0.3) is 0 Å². The monoisotopic (exact) mass is 107 g/mol. The van der Waals surface area contributed by atoms with E-state index in [1.165, 1.54) is 6.20 Å². The molecule has 0 spiro atoms. The Bertz CT molecular complexity index is 168. The second-order valence-corrected chi connectivity index (χ2v) is 1.34. The summed E-state index contributed by atoms with van der Waals surface area (Å²) in [5.41, 5.74) is 5.56. The summed E-state index contributed by atoms with van der Waals surface area (Å²) >= 11 is 0. The lowest BCUT2D eigenvalue weighted by Gasteiger charge is -1.88. The summed E-state index contributed by atoms with van der Waals surface area (Å²) in [5.74, 6) is 0.213. The number of hydrogen-bond donors (Lipinski definition) is 1. The van der Waals surface area contributed by atoms with Crippen molar-refractivity contribution < 1.29 is 0 Å². The first-order valence-electron chi connectivity index (χ1n) is 2.13. The topological polar surface area (TPSA) is 51.8 Å². The van der Waals surface area contributed by atoms with Crippen molar-refractivity contribution in [2.24, 2.45) is 0 Å². The summed E-state index contributed by atoms with van der Waals surface area (Å²) in [6, 6.07) is 1.58. The van der Waals surface area contributed by atoms with Gasteiger partial charge in [0.1, 0.15) is 0 Å².